The number of rotatable bonds is 3. The first-order valence-electron chi connectivity index (χ1n) is 8.85. The largest absolute Gasteiger partial charge is 0.391 e. The van der Waals surface area contributed by atoms with Gasteiger partial charge in [-0.3, -0.25) is 9.89 Å². The van der Waals surface area contributed by atoms with Gasteiger partial charge in [0.2, 0.25) is 0 Å². The van der Waals surface area contributed by atoms with Crippen molar-refractivity contribution in [2.75, 3.05) is 26.2 Å². The van der Waals surface area contributed by atoms with Crippen LogP contribution in [0.5, 0.6) is 0 Å². The molecule has 150 valence electrons. The lowest BCUT2D eigenvalue weighted by molar-refractivity contribution is 0.0759. The summed E-state index contributed by atoms with van der Waals surface area (Å²) in [6, 6.07) is 1.98. The number of halogens is 2. The molecule has 3 N–H and O–H groups in total. The van der Waals surface area contributed by atoms with E-state index in [9.17, 15) is 9.90 Å². The van der Waals surface area contributed by atoms with Gasteiger partial charge in [-0.05, 0) is 19.4 Å². The number of nitrogens with zero attached hydrogens (tertiary/aromatic N) is 4. The summed E-state index contributed by atoms with van der Waals surface area (Å²) in [7, 11) is 0. The van der Waals surface area contributed by atoms with E-state index in [0.29, 0.717) is 25.2 Å². The minimum Gasteiger partial charge on any atom is -0.391 e. The number of aliphatic hydroxyl groups is 1. The second-order valence-electron chi connectivity index (χ2n) is 7.02. The maximum absolute atomic E-state index is 12.8. The van der Waals surface area contributed by atoms with E-state index in [1.54, 1.807) is 4.90 Å². The van der Waals surface area contributed by atoms with Gasteiger partial charge in [-0.15, -0.1) is 24.8 Å². The Balaban J connectivity index is 0.00000131. The van der Waals surface area contributed by atoms with E-state index in [2.05, 4.69) is 25.1 Å². The lowest BCUT2D eigenvalue weighted by Crippen LogP contribution is -2.30. The summed E-state index contributed by atoms with van der Waals surface area (Å²) in [5.41, 5.74) is 2.42. The van der Waals surface area contributed by atoms with E-state index < -0.39 is 6.10 Å². The van der Waals surface area contributed by atoms with Crippen molar-refractivity contribution in [1.29, 1.82) is 0 Å². The first kappa shape index (κ1) is 21.7. The van der Waals surface area contributed by atoms with Crippen LogP contribution in [-0.4, -0.2) is 67.9 Å². The van der Waals surface area contributed by atoms with Crippen molar-refractivity contribution in [2.45, 2.75) is 32.4 Å². The number of fused-ring (bicyclic) bond motifs is 1. The topological polar surface area (TPSA) is 99.1 Å². The van der Waals surface area contributed by atoms with Crippen LogP contribution >= 0.6 is 24.8 Å². The monoisotopic (exact) mass is 416 g/mol. The van der Waals surface area contributed by atoms with E-state index in [1.165, 1.54) is 0 Å². The predicted octanol–water partition coefficient (Wildman–Crippen LogP) is 0.580. The van der Waals surface area contributed by atoms with Crippen molar-refractivity contribution in [3.8, 4) is 0 Å². The second kappa shape index (κ2) is 9.05. The lowest BCUT2D eigenvalue weighted by Gasteiger charge is -2.14. The highest BCUT2D eigenvalue weighted by Gasteiger charge is 2.35. The highest BCUT2D eigenvalue weighted by atomic mass is 35.5. The molecule has 8 nitrogen and oxygen atoms in total. The number of carbonyl (C=O) groups is 1. The van der Waals surface area contributed by atoms with Crippen LogP contribution < -0.4 is 5.32 Å². The fourth-order valence-corrected chi connectivity index (χ4v) is 3.71. The van der Waals surface area contributed by atoms with Crippen molar-refractivity contribution in [3.63, 3.8) is 0 Å². The van der Waals surface area contributed by atoms with Crippen LogP contribution in [0.15, 0.2) is 12.3 Å². The molecule has 2 aliphatic rings. The molecule has 2 aromatic rings. The summed E-state index contributed by atoms with van der Waals surface area (Å²) < 4.78 is 2.06. The molecule has 2 aromatic heterocycles. The fourth-order valence-electron chi connectivity index (χ4n) is 3.71. The van der Waals surface area contributed by atoms with Crippen molar-refractivity contribution < 1.29 is 9.90 Å². The highest BCUT2D eigenvalue weighted by molar-refractivity contribution is 5.92. The number of carbonyl (C=O) groups excluding carboxylic acids is 1. The number of aromatic amines is 1. The van der Waals surface area contributed by atoms with E-state index >= 15 is 0 Å². The summed E-state index contributed by atoms with van der Waals surface area (Å²) >= 11 is 0. The van der Waals surface area contributed by atoms with Crippen LogP contribution in [0.1, 0.15) is 27.7 Å². The number of H-pyrrole nitrogens is 1. The van der Waals surface area contributed by atoms with Crippen LogP contribution in [0.3, 0.4) is 0 Å². The van der Waals surface area contributed by atoms with Gasteiger partial charge in [-0.2, -0.15) is 5.10 Å². The maximum Gasteiger partial charge on any atom is 0.274 e. The Hall–Kier alpha value is -1.61. The van der Waals surface area contributed by atoms with E-state index in [4.69, 9.17) is 0 Å². The third-order valence-electron chi connectivity index (χ3n) is 5.06. The first-order valence-corrected chi connectivity index (χ1v) is 8.85. The van der Waals surface area contributed by atoms with Crippen LogP contribution in [0, 0.1) is 12.8 Å². The Morgan fingerprint density at radius 1 is 1.33 bits per heavy atom. The minimum atomic E-state index is -0.523. The number of amides is 1. The summed E-state index contributed by atoms with van der Waals surface area (Å²) in [6.07, 6.45) is 2.82. The van der Waals surface area contributed by atoms with Crippen molar-refractivity contribution in [1.82, 2.24) is 30.0 Å². The number of imidazole rings is 1. The maximum atomic E-state index is 12.8. The molecule has 4 rings (SSSR count). The number of likely N-dealkylation sites (tertiary alicyclic amines) is 1. The Morgan fingerprint density at radius 2 is 2.15 bits per heavy atom. The average molecular weight is 417 g/mol. The molecule has 4 heterocycles. The molecule has 0 spiro atoms. The lowest BCUT2D eigenvalue weighted by atomic mass is 10.0. The summed E-state index contributed by atoms with van der Waals surface area (Å²) in [5, 5.41) is 20.8. The van der Waals surface area contributed by atoms with Crippen molar-refractivity contribution in [2.24, 2.45) is 5.92 Å². The molecule has 0 bridgehead atoms. The molecular weight excluding hydrogens is 391 g/mol. The summed E-state index contributed by atoms with van der Waals surface area (Å²) in [5.74, 6) is 0.876. The third-order valence-corrected chi connectivity index (χ3v) is 5.06. The zero-order valence-electron chi connectivity index (χ0n) is 15.2. The van der Waals surface area contributed by atoms with Gasteiger partial charge in [-0.1, -0.05) is 0 Å². The molecule has 2 aliphatic heterocycles. The van der Waals surface area contributed by atoms with Crippen molar-refractivity contribution >= 4 is 30.7 Å². The van der Waals surface area contributed by atoms with Crippen LogP contribution in [0.25, 0.3) is 0 Å². The van der Waals surface area contributed by atoms with Crippen LogP contribution in [-0.2, 0) is 19.4 Å². The normalized spacial score (nSPS) is 21.8. The standard InChI is InChI=1S/C17H24N6O2.2ClH/c1-11-6-13(21-20-11)7-12-8-23(10-15(12)24)17(25)14-9-22-5-4-18-3-2-16(22)19-14;;/h6,9,12,15,18,24H,2-5,7-8,10H2,1H3,(H,20,21);2*1H/t12-,15-;;/m1../s1. The van der Waals surface area contributed by atoms with Gasteiger partial charge in [0, 0.05) is 57.0 Å². The molecule has 0 aliphatic carbocycles. The van der Waals surface area contributed by atoms with Crippen molar-refractivity contribution in [3.05, 3.63) is 35.2 Å². The second-order valence-corrected chi connectivity index (χ2v) is 7.02. The third kappa shape index (κ3) is 4.63. The number of aliphatic hydroxyl groups excluding tert-OH is 1. The van der Waals surface area contributed by atoms with Gasteiger partial charge in [0.1, 0.15) is 11.5 Å². The number of nitrogens with one attached hydrogen (secondary N) is 2. The van der Waals surface area contributed by atoms with E-state index in [-0.39, 0.29) is 36.6 Å². The van der Waals surface area contributed by atoms with Crippen LogP contribution in [0.2, 0.25) is 0 Å². The number of β-amino-alcohol motifs (C(OH)–C–C–N with tert-alkyl or cyclic N) is 1. The van der Waals surface area contributed by atoms with E-state index in [1.807, 2.05) is 19.2 Å². The van der Waals surface area contributed by atoms with Gasteiger partial charge in [0.05, 0.1) is 11.8 Å². The molecule has 27 heavy (non-hydrogen) atoms. The summed E-state index contributed by atoms with van der Waals surface area (Å²) in [6.45, 7) is 5.46. The summed E-state index contributed by atoms with van der Waals surface area (Å²) in [4.78, 5) is 19.0. The average Bonchev–Trinajstić information content (AvgIpc) is 3.24. The molecule has 0 saturated carbocycles. The number of aromatic nitrogens is 4. The first-order chi connectivity index (χ1) is 12.1. The number of aryl methyl sites for hydroxylation is 1. The Bertz CT molecular complexity index is 754. The molecule has 1 fully saturated rings. The smallest absolute Gasteiger partial charge is 0.274 e. The minimum absolute atomic E-state index is 0. The quantitative estimate of drug-likeness (QED) is 0.679. The fraction of sp³-hybridized carbons (Fsp3) is 0.588. The number of hydrogen-bond donors (Lipinski definition) is 3. The van der Waals surface area contributed by atoms with Gasteiger partial charge in [-0.25, -0.2) is 4.98 Å². The Morgan fingerprint density at radius 3 is 2.89 bits per heavy atom. The highest BCUT2D eigenvalue weighted by Crippen LogP contribution is 2.23. The molecule has 0 aromatic carbocycles. The number of hydrogen-bond acceptors (Lipinski definition) is 5. The van der Waals surface area contributed by atoms with E-state index in [0.717, 1.165) is 43.3 Å². The van der Waals surface area contributed by atoms with Gasteiger partial charge in [0.15, 0.2) is 0 Å². The molecule has 0 radical (unpaired) electrons. The molecule has 10 heteroatoms. The predicted molar refractivity (Wildman–Crippen MR) is 106 cm³/mol. The molecule has 2 atom stereocenters. The van der Waals surface area contributed by atoms with Gasteiger partial charge in [0.25, 0.3) is 5.91 Å². The Labute approximate surface area is 170 Å². The van der Waals surface area contributed by atoms with Gasteiger partial charge >= 0.3 is 0 Å². The zero-order chi connectivity index (χ0) is 17.4. The van der Waals surface area contributed by atoms with Gasteiger partial charge < -0.3 is 19.9 Å². The molecule has 0 unspecified atom stereocenters. The zero-order valence-corrected chi connectivity index (χ0v) is 16.9. The Kier molecular flexibility index (Phi) is 7.27. The molecule has 1 saturated heterocycles. The molecular formula is C17H26Cl2N6O2. The van der Waals surface area contributed by atoms with Crippen LogP contribution in [0.4, 0.5) is 0 Å². The molecule has 1 amide bonds. The SMILES string of the molecule is Cc1cc(C[C@@H]2CN(C(=O)c3cn4c(n3)CCNCC4)C[C@H]2O)n[nH]1.Cl.Cl.